The summed E-state index contributed by atoms with van der Waals surface area (Å²) in [5, 5.41) is 0.891. The Kier molecular flexibility index (Phi) is 3.25. The number of hydrogen-bond donors (Lipinski definition) is 1. The van der Waals surface area contributed by atoms with E-state index in [1.807, 2.05) is 55.5 Å². The van der Waals surface area contributed by atoms with Crippen molar-refractivity contribution < 1.29 is 9.53 Å². The fourth-order valence-electron chi connectivity index (χ4n) is 2.27. The minimum absolute atomic E-state index is 0.292. The summed E-state index contributed by atoms with van der Waals surface area (Å²) in [5.74, 6) is -0.302. The van der Waals surface area contributed by atoms with Gasteiger partial charge in [0.15, 0.2) is 0 Å². The Morgan fingerprint density at radius 2 is 2.00 bits per heavy atom. The molecular formula is C17H15NO2. The van der Waals surface area contributed by atoms with Crippen molar-refractivity contribution in [2.45, 2.75) is 13.5 Å². The van der Waals surface area contributed by atoms with E-state index in [-0.39, 0.29) is 5.97 Å². The van der Waals surface area contributed by atoms with Gasteiger partial charge in [-0.3, -0.25) is 0 Å². The van der Waals surface area contributed by atoms with Crippen molar-refractivity contribution in [3.05, 3.63) is 71.4 Å². The maximum Gasteiger partial charge on any atom is 0.340 e. The molecule has 0 aliphatic heterocycles. The van der Waals surface area contributed by atoms with Gasteiger partial charge >= 0.3 is 5.97 Å². The number of H-pyrrole nitrogens is 1. The van der Waals surface area contributed by atoms with E-state index < -0.39 is 0 Å². The summed E-state index contributed by atoms with van der Waals surface area (Å²) in [5.41, 5.74) is 3.67. The van der Waals surface area contributed by atoms with Crippen molar-refractivity contribution in [1.82, 2.24) is 4.98 Å². The molecule has 0 spiro atoms. The molecule has 0 saturated heterocycles. The van der Waals surface area contributed by atoms with Crippen LogP contribution in [0, 0.1) is 6.92 Å². The Hall–Kier alpha value is -2.55. The van der Waals surface area contributed by atoms with Crippen LogP contribution in [0.2, 0.25) is 0 Å². The van der Waals surface area contributed by atoms with Crippen LogP contribution in [-0.4, -0.2) is 11.0 Å². The topological polar surface area (TPSA) is 42.1 Å². The molecular weight excluding hydrogens is 250 g/mol. The van der Waals surface area contributed by atoms with Crippen molar-refractivity contribution in [1.29, 1.82) is 0 Å². The molecule has 1 heterocycles. The standard InChI is InChI=1S/C17H15NO2/c1-12-5-4-6-13(9-12)11-20-17(19)15-10-18-16-8-3-2-7-14(15)16/h2-10,18H,11H2,1H3. The molecule has 0 radical (unpaired) electrons. The smallest absolute Gasteiger partial charge is 0.340 e. The van der Waals surface area contributed by atoms with E-state index in [1.54, 1.807) is 6.20 Å². The molecule has 20 heavy (non-hydrogen) atoms. The summed E-state index contributed by atoms with van der Waals surface area (Å²) in [6.45, 7) is 2.31. The summed E-state index contributed by atoms with van der Waals surface area (Å²) in [7, 11) is 0. The predicted molar refractivity (Wildman–Crippen MR) is 78.6 cm³/mol. The number of aryl methyl sites for hydroxylation is 1. The van der Waals surface area contributed by atoms with E-state index in [4.69, 9.17) is 4.74 Å². The number of ether oxygens (including phenoxy) is 1. The first-order chi connectivity index (χ1) is 9.74. The molecule has 0 bridgehead atoms. The van der Waals surface area contributed by atoms with E-state index in [9.17, 15) is 4.79 Å². The zero-order chi connectivity index (χ0) is 13.9. The highest BCUT2D eigenvalue weighted by atomic mass is 16.5. The Bertz CT molecular complexity index is 758. The van der Waals surface area contributed by atoms with Crippen LogP contribution in [0.3, 0.4) is 0 Å². The first-order valence-corrected chi connectivity index (χ1v) is 6.53. The summed E-state index contributed by atoms with van der Waals surface area (Å²) in [4.78, 5) is 15.2. The van der Waals surface area contributed by atoms with Gasteiger partial charge in [-0.2, -0.15) is 0 Å². The Morgan fingerprint density at radius 1 is 1.15 bits per heavy atom. The second-order valence-corrected chi connectivity index (χ2v) is 4.81. The molecule has 0 fully saturated rings. The number of carbonyl (C=O) groups is 1. The Balaban J connectivity index is 1.76. The maximum absolute atomic E-state index is 12.1. The number of nitrogens with one attached hydrogen (secondary N) is 1. The molecule has 0 aliphatic carbocycles. The minimum Gasteiger partial charge on any atom is -0.457 e. The summed E-state index contributed by atoms with van der Waals surface area (Å²) in [6.07, 6.45) is 1.70. The van der Waals surface area contributed by atoms with Gasteiger partial charge in [0.25, 0.3) is 0 Å². The second-order valence-electron chi connectivity index (χ2n) is 4.81. The van der Waals surface area contributed by atoms with Crippen molar-refractivity contribution in [3.8, 4) is 0 Å². The third-order valence-corrected chi connectivity index (χ3v) is 3.26. The average Bonchev–Trinajstić information content (AvgIpc) is 2.89. The van der Waals surface area contributed by atoms with Gasteiger partial charge in [0.1, 0.15) is 6.61 Å². The number of hydrogen-bond acceptors (Lipinski definition) is 2. The number of benzene rings is 2. The molecule has 0 aliphatic rings. The minimum atomic E-state index is -0.302. The number of para-hydroxylation sites is 1. The van der Waals surface area contributed by atoms with Gasteiger partial charge < -0.3 is 9.72 Å². The zero-order valence-electron chi connectivity index (χ0n) is 11.2. The lowest BCUT2D eigenvalue weighted by Crippen LogP contribution is -2.04. The first-order valence-electron chi connectivity index (χ1n) is 6.53. The second kappa shape index (κ2) is 5.21. The quantitative estimate of drug-likeness (QED) is 0.731. The molecule has 1 N–H and O–H groups in total. The average molecular weight is 265 g/mol. The number of esters is 1. The summed E-state index contributed by atoms with van der Waals surface area (Å²) in [6, 6.07) is 15.6. The van der Waals surface area contributed by atoms with E-state index in [2.05, 4.69) is 4.98 Å². The summed E-state index contributed by atoms with van der Waals surface area (Å²) >= 11 is 0. The molecule has 3 heteroatoms. The van der Waals surface area contributed by atoms with Gasteiger partial charge in [-0.15, -0.1) is 0 Å². The van der Waals surface area contributed by atoms with Crippen molar-refractivity contribution in [2.24, 2.45) is 0 Å². The molecule has 1 aromatic heterocycles. The van der Waals surface area contributed by atoms with E-state index in [1.165, 1.54) is 0 Å². The molecule has 0 atom stereocenters. The highest BCUT2D eigenvalue weighted by molar-refractivity contribution is 6.03. The molecule has 0 unspecified atom stereocenters. The normalized spacial score (nSPS) is 10.7. The third-order valence-electron chi connectivity index (χ3n) is 3.26. The Labute approximate surface area is 117 Å². The molecule has 3 rings (SSSR count). The molecule has 3 aromatic rings. The van der Waals surface area contributed by atoms with Gasteiger partial charge in [-0.1, -0.05) is 48.0 Å². The van der Waals surface area contributed by atoms with E-state index in [0.717, 1.165) is 22.0 Å². The van der Waals surface area contributed by atoms with E-state index >= 15 is 0 Å². The lowest BCUT2D eigenvalue weighted by molar-refractivity contribution is 0.0475. The van der Waals surface area contributed by atoms with Crippen LogP contribution >= 0.6 is 0 Å². The molecule has 0 saturated carbocycles. The van der Waals surface area contributed by atoms with Crippen LogP contribution in [0.15, 0.2) is 54.7 Å². The molecule has 3 nitrogen and oxygen atoms in total. The lowest BCUT2D eigenvalue weighted by Gasteiger charge is -2.05. The molecule has 100 valence electrons. The number of fused-ring (bicyclic) bond motifs is 1. The highest BCUT2D eigenvalue weighted by Crippen LogP contribution is 2.19. The number of aromatic nitrogens is 1. The zero-order valence-corrected chi connectivity index (χ0v) is 11.2. The first kappa shape index (κ1) is 12.5. The number of aromatic amines is 1. The van der Waals surface area contributed by atoms with Gasteiger partial charge in [0.2, 0.25) is 0 Å². The van der Waals surface area contributed by atoms with E-state index in [0.29, 0.717) is 12.2 Å². The number of rotatable bonds is 3. The van der Waals surface area contributed by atoms with Crippen molar-refractivity contribution in [2.75, 3.05) is 0 Å². The summed E-state index contributed by atoms with van der Waals surface area (Å²) < 4.78 is 5.38. The van der Waals surface area contributed by atoms with Gasteiger partial charge in [-0.25, -0.2) is 4.79 Å². The van der Waals surface area contributed by atoms with Gasteiger partial charge in [0.05, 0.1) is 5.56 Å². The fourth-order valence-corrected chi connectivity index (χ4v) is 2.27. The SMILES string of the molecule is Cc1cccc(COC(=O)c2c[nH]c3ccccc23)c1. The molecule has 0 amide bonds. The van der Waals surface area contributed by atoms with Crippen LogP contribution < -0.4 is 0 Å². The van der Waals surface area contributed by atoms with Gasteiger partial charge in [-0.05, 0) is 18.6 Å². The van der Waals surface area contributed by atoms with Crippen LogP contribution in [0.4, 0.5) is 0 Å². The molecule has 2 aromatic carbocycles. The largest absolute Gasteiger partial charge is 0.457 e. The van der Waals surface area contributed by atoms with Crippen molar-refractivity contribution in [3.63, 3.8) is 0 Å². The third kappa shape index (κ3) is 2.43. The van der Waals surface area contributed by atoms with Crippen LogP contribution in [-0.2, 0) is 11.3 Å². The van der Waals surface area contributed by atoms with Crippen LogP contribution in [0.1, 0.15) is 21.5 Å². The maximum atomic E-state index is 12.1. The Morgan fingerprint density at radius 3 is 2.85 bits per heavy atom. The number of carbonyl (C=O) groups excluding carboxylic acids is 1. The lowest BCUT2D eigenvalue weighted by atomic mass is 10.1. The van der Waals surface area contributed by atoms with Crippen molar-refractivity contribution >= 4 is 16.9 Å². The highest BCUT2D eigenvalue weighted by Gasteiger charge is 2.12. The fraction of sp³-hybridized carbons (Fsp3) is 0.118. The van der Waals surface area contributed by atoms with Gasteiger partial charge in [0, 0.05) is 17.1 Å². The van der Waals surface area contributed by atoms with Crippen LogP contribution in [0.5, 0.6) is 0 Å². The monoisotopic (exact) mass is 265 g/mol. The van der Waals surface area contributed by atoms with Crippen LogP contribution in [0.25, 0.3) is 10.9 Å². The predicted octanol–water partition coefficient (Wildman–Crippen LogP) is 3.83.